The van der Waals surface area contributed by atoms with Crippen LogP contribution in [0.3, 0.4) is 0 Å². The molecular formula is C29H28O3. The molecule has 0 atom stereocenters. The Balaban J connectivity index is 1.52. The summed E-state index contributed by atoms with van der Waals surface area (Å²) < 4.78 is 12.0. The van der Waals surface area contributed by atoms with Crippen LogP contribution in [0.15, 0.2) is 73.0 Å². The molecule has 0 aromatic heterocycles. The van der Waals surface area contributed by atoms with Crippen molar-refractivity contribution < 1.29 is 14.3 Å². The van der Waals surface area contributed by atoms with Crippen molar-refractivity contribution in [1.29, 1.82) is 0 Å². The van der Waals surface area contributed by atoms with Gasteiger partial charge in [-0.2, -0.15) is 0 Å². The van der Waals surface area contributed by atoms with Crippen molar-refractivity contribution in [3.8, 4) is 11.5 Å². The van der Waals surface area contributed by atoms with Gasteiger partial charge < -0.3 is 9.47 Å². The number of rotatable bonds is 5. The van der Waals surface area contributed by atoms with Crippen molar-refractivity contribution in [1.82, 2.24) is 0 Å². The fraction of sp³-hybridized carbons (Fsp3) is 0.207. The second-order valence-corrected chi connectivity index (χ2v) is 9.11. The van der Waals surface area contributed by atoms with Crippen molar-refractivity contribution in [2.24, 2.45) is 0 Å². The van der Waals surface area contributed by atoms with Gasteiger partial charge in [0.25, 0.3) is 0 Å². The molecule has 0 unspecified atom stereocenters. The quantitative estimate of drug-likeness (QED) is 0.409. The Morgan fingerprint density at radius 2 is 1.59 bits per heavy atom. The Morgan fingerprint density at radius 3 is 2.22 bits per heavy atom. The third-order valence-corrected chi connectivity index (χ3v) is 5.72. The highest BCUT2D eigenvalue weighted by atomic mass is 16.5. The third kappa shape index (κ3) is 4.38. The van der Waals surface area contributed by atoms with Crippen LogP contribution in [0, 0.1) is 6.92 Å². The molecule has 0 aliphatic carbocycles. The molecule has 1 aliphatic rings. The van der Waals surface area contributed by atoms with E-state index in [-0.39, 0.29) is 11.2 Å². The summed E-state index contributed by atoms with van der Waals surface area (Å²) in [5, 5.41) is 0. The van der Waals surface area contributed by atoms with E-state index in [9.17, 15) is 4.79 Å². The van der Waals surface area contributed by atoms with Gasteiger partial charge in [0.05, 0.1) is 5.56 Å². The Morgan fingerprint density at radius 1 is 0.938 bits per heavy atom. The lowest BCUT2D eigenvalue weighted by molar-refractivity contribution is 0.101. The summed E-state index contributed by atoms with van der Waals surface area (Å²) in [4.78, 5) is 12.9. The van der Waals surface area contributed by atoms with Crippen LogP contribution in [0.25, 0.3) is 12.2 Å². The minimum absolute atomic E-state index is 0.0861. The monoisotopic (exact) mass is 424 g/mol. The number of ketones is 1. The van der Waals surface area contributed by atoms with Gasteiger partial charge in [-0.05, 0) is 52.8 Å². The molecule has 32 heavy (non-hydrogen) atoms. The summed E-state index contributed by atoms with van der Waals surface area (Å²) in [6.07, 6.45) is 3.61. The number of carbonyl (C=O) groups is 1. The average molecular weight is 425 g/mol. The molecule has 0 spiro atoms. The second-order valence-electron chi connectivity index (χ2n) is 9.11. The second kappa shape index (κ2) is 8.51. The van der Waals surface area contributed by atoms with Gasteiger partial charge in [-0.3, -0.25) is 4.79 Å². The van der Waals surface area contributed by atoms with Gasteiger partial charge >= 0.3 is 0 Å². The molecule has 0 saturated carbocycles. The highest BCUT2D eigenvalue weighted by molar-refractivity contribution is 6.14. The molecule has 0 amide bonds. The standard InChI is InChI=1S/C29H28O3/c1-6-20-7-9-22(10-8-20)18-31-25-16-15-24-27(30)26(32-28(24)19(25)2)17-21-11-13-23(14-12-21)29(3,4)5/h6-17H,1,18H2,2-5H3/b26-17-. The molecule has 1 aliphatic heterocycles. The predicted molar refractivity (Wildman–Crippen MR) is 130 cm³/mol. The highest BCUT2D eigenvalue weighted by Gasteiger charge is 2.30. The molecule has 3 nitrogen and oxygen atoms in total. The molecule has 0 N–H and O–H groups in total. The van der Waals surface area contributed by atoms with Gasteiger partial charge in [0.15, 0.2) is 5.76 Å². The molecule has 3 aromatic carbocycles. The molecule has 0 fully saturated rings. The van der Waals surface area contributed by atoms with Crippen LogP contribution in [0.4, 0.5) is 0 Å². The Bertz CT molecular complexity index is 1190. The lowest BCUT2D eigenvalue weighted by atomic mass is 9.86. The van der Waals surface area contributed by atoms with Gasteiger partial charge in [0, 0.05) is 5.56 Å². The fourth-order valence-corrected chi connectivity index (χ4v) is 3.67. The molecule has 0 saturated heterocycles. The summed E-state index contributed by atoms with van der Waals surface area (Å²) >= 11 is 0. The van der Waals surface area contributed by atoms with E-state index in [0.717, 1.165) is 22.3 Å². The minimum Gasteiger partial charge on any atom is -0.488 e. The zero-order valence-corrected chi connectivity index (χ0v) is 19.1. The summed E-state index contributed by atoms with van der Waals surface area (Å²) in [6, 6.07) is 19.9. The van der Waals surface area contributed by atoms with E-state index in [1.54, 1.807) is 12.1 Å². The summed E-state index contributed by atoms with van der Waals surface area (Å²) in [6.45, 7) is 12.7. The van der Waals surface area contributed by atoms with Crippen LogP contribution in [0.2, 0.25) is 0 Å². The smallest absolute Gasteiger partial charge is 0.231 e. The van der Waals surface area contributed by atoms with Crippen molar-refractivity contribution in [2.45, 2.75) is 39.7 Å². The van der Waals surface area contributed by atoms with E-state index in [0.29, 0.717) is 29.4 Å². The highest BCUT2D eigenvalue weighted by Crippen LogP contribution is 2.39. The van der Waals surface area contributed by atoms with Crippen molar-refractivity contribution in [3.63, 3.8) is 0 Å². The number of Topliss-reactive ketones (excluding diaryl/α,β-unsaturated/α-hetero) is 1. The molecule has 3 aromatic rings. The average Bonchev–Trinajstić information content (AvgIpc) is 3.09. The molecule has 162 valence electrons. The number of hydrogen-bond acceptors (Lipinski definition) is 3. The number of ether oxygens (including phenoxy) is 2. The zero-order chi connectivity index (χ0) is 22.9. The maximum absolute atomic E-state index is 12.9. The fourth-order valence-electron chi connectivity index (χ4n) is 3.67. The van der Waals surface area contributed by atoms with Crippen molar-refractivity contribution >= 4 is 17.9 Å². The van der Waals surface area contributed by atoms with Gasteiger partial charge in [0.2, 0.25) is 5.78 Å². The predicted octanol–water partition coefficient (Wildman–Crippen LogP) is 7.13. The number of fused-ring (bicyclic) bond motifs is 1. The van der Waals surface area contributed by atoms with Gasteiger partial charge in [-0.15, -0.1) is 0 Å². The lowest BCUT2D eigenvalue weighted by Gasteiger charge is -2.18. The number of carbonyl (C=O) groups excluding carboxylic acids is 1. The van der Waals surface area contributed by atoms with Crippen LogP contribution < -0.4 is 9.47 Å². The van der Waals surface area contributed by atoms with Crippen LogP contribution in [0.1, 0.15) is 58.9 Å². The van der Waals surface area contributed by atoms with Crippen LogP contribution >= 0.6 is 0 Å². The number of benzene rings is 3. The Labute approximate surface area is 190 Å². The Kier molecular flexibility index (Phi) is 5.75. The molecule has 4 rings (SSSR count). The molecular weight excluding hydrogens is 396 g/mol. The van der Waals surface area contributed by atoms with E-state index in [2.05, 4.69) is 39.5 Å². The maximum Gasteiger partial charge on any atom is 0.231 e. The minimum atomic E-state index is -0.102. The third-order valence-electron chi connectivity index (χ3n) is 5.72. The van der Waals surface area contributed by atoms with Gasteiger partial charge in [0.1, 0.15) is 18.1 Å². The molecule has 3 heteroatoms. The summed E-state index contributed by atoms with van der Waals surface area (Å²) in [7, 11) is 0. The first-order valence-electron chi connectivity index (χ1n) is 10.8. The van der Waals surface area contributed by atoms with Crippen LogP contribution in [-0.2, 0) is 12.0 Å². The zero-order valence-electron chi connectivity index (χ0n) is 19.1. The summed E-state index contributed by atoms with van der Waals surface area (Å²) in [5.74, 6) is 1.52. The van der Waals surface area contributed by atoms with E-state index < -0.39 is 0 Å². The largest absolute Gasteiger partial charge is 0.488 e. The van der Waals surface area contributed by atoms with Gasteiger partial charge in [-0.25, -0.2) is 0 Å². The molecule has 1 heterocycles. The SMILES string of the molecule is C=Cc1ccc(COc2ccc3c(c2C)O/C(=C\c2ccc(C(C)(C)C)cc2)C3=O)cc1. The topological polar surface area (TPSA) is 35.5 Å². The maximum atomic E-state index is 12.9. The van der Waals surface area contributed by atoms with Crippen molar-refractivity contribution in [2.75, 3.05) is 0 Å². The van der Waals surface area contributed by atoms with E-state index >= 15 is 0 Å². The van der Waals surface area contributed by atoms with E-state index in [1.165, 1.54) is 5.56 Å². The number of allylic oxidation sites excluding steroid dienone is 1. The normalized spacial score (nSPS) is 14.2. The first-order valence-corrected chi connectivity index (χ1v) is 10.8. The first-order chi connectivity index (χ1) is 15.3. The Hall–Kier alpha value is -3.59. The van der Waals surface area contributed by atoms with Crippen LogP contribution in [0.5, 0.6) is 11.5 Å². The molecule has 0 radical (unpaired) electrons. The van der Waals surface area contributed by atoms with E-state index in [1.807, 2.05) is 55.5 Å². The summed E-state index contributed by atoms with van der Waals surface area (Å²) in [5.41, 5.74) is 5.80. The first kappa shape index (κ1) is 21.6. The lowest BCUT2D eigenvalue weighted by Crippen LogP contribution is -2.10. The number of hydrogen-bond donors (Lipinski definition) is 0. The van der Waals surface area contributed by atoms with Crippen LogP contribution in [-0.4, -0.2) is 5.78 Å². The van der Waals surface area contributed by atoms with Crippen molar-refractivity contribution in [3.05, 3.63) is 106 Å². The van der Waals surface area contributed by atoms with Gasteiger partial charge in [-0.1, -0.05) is 82.0 Å². The van der Waals surface area contributed by atoms with E-state index in [4.69, 9.17) is 9.47 Å². The molecule has 0 bridgehead atoms.